The number of rotatable bonds is 4. The summed E-state index contributed by atoms with van der Waals surface area (Å²) in [5.74, 6) is -2.01. The van der Waals surface area contributed by atoms with Crippen molar-refractivity contribution in [2.45, 2.75) is 19.4 Å². The van der Waals surface area contributed by atoms with Crippen molar-refractivity contribution in [3.05, 3.63) is 23.8 Å². The molecule has 0 aliphatic heterocycles. The Kier molecular flexibility index (Phi) is 4.06. The third-order valence-corrected chi connectivity index (χ3v) is 2.27. The molecule has 6 nitrogen and oxygen atoms in total. The molecule has 0 saturated carbocycles. The minimum absolute atomic E-state index is 0.270. The lowest BCUT2D eigenvalue weighted by atomic mass is 10.1. The van der Waals surface area contributed by atoms with Crippen molar-refractivity contribution < 1.29 is 19.8 Å². The van der Waals surface area contributed by atoms with E-state index in [-0.39, 0.29) is 17.0 Å². The van der Waals surface area contributed by atoms with Gasteiger partial charge < -0.3 is 21.3 Å². The molecule has 0 fully saturated rings. The van der Waals surface area contributed by atoms with Crippen LogP contribution in [0.2, 0.25) is 0 Å². The number of carbonyl (C=O) groups is 2. The number of nitrogens with one attached hydrogen (secondary N) is 1. The summed E-state index contributed by atoms with van der Waals surface area (Å²) in [4.78, 5) is 22.2. The monoisotopic (exact) mass is 238 g/mol. The van der Waals surface area contributed by atoms with E-state index >= 15 is 0 Å². The number of phenols is 1. The Labute approximate surface area is 98.1 Å². The molecule has 1 atom stereocenters. The second-order valence-electron chi connectivity index (χ2n) is 3.54. The van der Waals surface area contributed by atoms with Gasteiger partial charge in [-0.1, -0.05) is 6.92 Å². The van der Waals surface area contributed by atoms with Crippen LogP contribution in [-0.2, 0) is 4.79 Å². The molecule has 5 N–H and O–H groups in total. The van der Waals surface area contributed by atoms with Crippen LogP contribution < -0.4 is 11.1 Å². The molecule has 0 aliphatic carbocycles. The molecular formula is C11H14N2O4. The summed E-state index contributed by atoms with van der Waals surface area (Å²) in [5, 5.41) is 20.5. The number of hydrogen-bond donors (Lipinski definition) is 4. The summed E-state index contributed by atoms with van der Waals surface area (Å²) in [6, 6.07) is 3.15. The maximum Gasteiger partial charge on any atom is 0.339 e. The second kappa shape index (κ2) is 5.31. The highest BCUT2D eigenvalue weighted by molar-refractivity contribution is 5.97. The minimum Gasteiger partial charge on any atom is -0.507 e. The molecule has 0 heterocycles. The van der Waals surface area contributed by atoms with Gasteiger partial charge >= 0.3 is 5.97 Å². The molecule has 0 spiro atoms. The van der Waals surface area contributed by atoms with Crippen molar-refractivity contribution in [3.63, 3.8) is 0 Å². The van der Waals surface area contributed by atoms with Crippen LogP contribution in [0.15, 0.2) is 18.2 Å². The van der Waals surface area contributed by atoms with E-state index in [0.29, 0.717) is 6.42 Å². The van der Waals surface area contributed by atoms with Crippen molar-refractivity contribution in [1.82, 2.24) is 0 Å². The zero-order valence-electron chi connectivity index (χ0n) is 9.30. The Morgan fingerprint density at radius 1 is 1.47 bits per heavy atom. The summed E-state index contributed by atoms with van der Waals surface area (Å²) in [6.45, 7) is 1.77. The first-order valence-corrected chi connectivity index (χ1v) is 5.08. The first kappa shape index (κ1) is 13.0. The van der Waals surface area contributed by atoms with Crippen LogP contribution >= 0.6 is 0 Å². The number of aromatic carboxylic acids is 1. The number of carboxylic acid groups (broad SMARTS) is 1. The quantitative estimate of drug-likeness (QED) is 0.578. The Bertz CT molecular complexity index is 445. The largest absolute Gasteiger partial charge is 0.507 e. The highest BCUT2D eigenvalue weighted by Crippen LogP contribution is 2.21. The predicted octanol–water partition coefficient (Wildman–Crippen LogP) is 0.766. The van der Waals surface area contributed by atoms with Crippen molar-refractivity contribution in [2.75, 3.05) is 5.32 Å². The summed E-state index contributed by atoms with van der Waals surface area (Å²) in [5.41, 5.74) is 5.53. The first-order chi connectivity index (χ1) is 7.95. The molecule has 0 radical (unpaired) electrons. The van der Waals surface area contributed by atoms with E-state index in [0.717, 1.165) is 0 Å². The van der Waals surface area contributed by atoms with Gasteiger partial charge in [0.2, 0.25) is 5.91 Å². The molecule has 1 rings (SSSR count). The smallest absolute Gasteiger partial charge is 0.339 e. The molecule has 92 valence electrons. The molecule has 1 aromatic carbocycles. The third-order valence-electron chi connectivity index (χ3n) is 2.27. The molecule has 0 unspecified atom stereocenters. The maximum absolute atomic E-state index is 11.5. The first-order valence-electron chi connectivity index (χ1n) is 5.08. The van der Waals surface area contributed by atoms with Crippen molar-refractivity contribution in [3.8, 4) is 5.75 Å². The fraction of sp³-hybridized carbons (Fsp3) is 0.273. The van der Waals surface area contributed by atoms with Crippen LogP contribution in [0.25, 0.3) is 0 Å². The van der Waals surface area contributed by atoms with Gasteiger partial charge in [-0.2, -0.15) is 0 Å². The molecule has 0 aliphatic rings. The van der Waals surface area contributed by atoms with Gasteiger partial charge in [-0.05, 0) is 24.6 Å². The Hall–Kier alpha value is -2.08. The number of nitrogens with two attached hydrogens (primary N) is 1. The van der Waals surface area contributed by atoms with Crippen molar-refractivity contribution >= 4 is 17.6 Å². The third kappa shape index (κ3) is 3.18. The van der Waals surface area contributed by atoms with Crippen LogP contribution in [0, 0.1) is 0 Å². The average Bonchev–Trinajstić information content (AvgIpc) is 2.30. The van der Waals surface area contributed by atoms with E-state index in [1.807, 2.05) is 0 Å². The average molecular weight is 238 g/mol. The fourth-order valence-corrected chi connectivity index (χ4v) is 1.21. The lowest BCUT2D eigenvalue weighted by molar-refractivity contribution is -0.117. The Morgan fingerprint density at radius 3 is 2.65 bits per heavy atom. The molecule has 0 saturated heterocycles. The number of anilines is 1. The molecule has 6 heteroatoms. The topological polar surface area (TPSA) is 113 Å². The lowest BCUT2D eigenvalue weighted by Gasteiger charge is -2.10. The fourth-order valence-electron chi connectivity index (χ4n) is 1.21. The van der Waals surface area contributed by atoms with Crippen molar-refractivity contribution in [1.29, 1.82) is 0 Å². The summed E-state index contributed by atoms with van der Waals surface area (Å²) >= 11 is 0. The molecule has 17 heavy (non-hydrogen) atoms. The van der Waals surface area contributed by atoms with Crippen molar-refractivity contribution in [2.24, 2.45) is 5.73 Å². The summed E-state index contributed by atoms with van der Waals surface area (Å²) < 4.78 is 0. The zero-order chi connectivity index (χ0) is 13.0. The van der Waals surface area contributed by atoms with E-state index in [1.165, 1.54) is 18.2 Å². The Balaban J connectivity index is 2.90. The summed E-state index contributed by atoms with van der Waals surface area (Å²) in [7, 11) is 0. The van der Waals surface area contributed by atoms with Gasteiger partial charge in [0, 0.05) is 5.69 Å². The van der Waals surface area contributed by atoms with Gasteiger partial charge in [-0.3, -0.25) is 4.79 Å². The van der Waals surface area contributed by atoms with Gasteiger partial charge in [0.05, 0.1) is 6.04 Å². The summed E-state index contributed by atoms with van der Waals surface area (Å²) in [6.07, 6.45) is 0.482. The SMILES string of the molecule is CC[C@@H](N)C(=O)Nc1ccc(O)c(C(=O)O)c1. The zero-order valence-corrected chi connectivity index (χ0v) is 9.30. The van der Waals surface area contributed by atoms with E-state index in [1.54, 1.807) is 6.92 Å². The second-order valence-corrected chi connectivity index (χ2v) is 3.54. The van der Waals surface area contributed by atoms with Gasteiger partial charge in [-0.25, -0.2) is 4.79 Å². The van der Waals surface area contributed by atoms with Crippen LogP contribution in [0.4, 0.5) is 5.69 Å². The van der Waals surface area contributed by atoms with Crippen LogP contribution in [0.5, 0.6) is 5.75 Å². The van der Waals surface area contributed by atoms with Gasteiger partial charge in [-0.15, -0.1) is 0 Å². The van der Waals surface area contributed by atoms with Crippen LogP contribution in [-0.4, -0.2) is 28.1 Å². The maximum atomic E-state index is 11.5. The van der Waals surface area contributed by atoms with E-state index in [4.69, 9.17) is 10.8 Å². The minimum atomic E-state index is -1.27. The normalized spacial score (nSPS) is 11.9. The van der Waals surface area contributed by atoms with E-state index < -0.39 is 17.9 Å². The van der Waals surface area contributed by atoms with Gasteiger partial charge in [0.25, 0.3) is 0 Å². The molecule has 1 amide bonds. The molecular weight excluding hydrogens is 224 g/mol. The lowest BCUT2D eigenvalue weighted by Crippen LogP contribution is -2.34. The van der Waals surface area contributed by atoms with Crippen LogP contribution in [0.1, 0.15) is 23.7 Å². The number of aromatic hydroxyl groups is 1. The number of amides is 1. The van der Waals surface area contributed by atoms with E-state index in [9.17, 15) is 14.7 Å². The molecule has 1 aromatic rings. The highest BCUT2D eigenvalue weighted by Gasteiger charge is 2.14. The van der Waals surface area contributed by atoms with E-state index in [2.05, 4.69) is 5.32 Å². The Morgan fingerprint density at radius 2 is 2.12 bits per heavy atom. The van der Waals surface area contributed by atoms with Crippen LogP contribution in [0.3, 0.4) is 0 Å². The highest BCUT2D eigenvalue weighted by atomic mass is 16.4. The van der Waals surface area contributed by atoms with Gasteiger partial charge in [0.1, 0.15) is 11.3 Å². The number of hydrogen-bond acceptors (Lipinski definition) is 4. The standard InChI is InChI=1S/C11H14N2O4/c1-2-8(12)10(15)13-6-3-4-9(14)7(5-6)11(16)17/h3-5,8,14H,2,12H2,1H3,(H,13,15)(H,16,17)/t8-/m1/s1. The van der Waals surface area contributed by atoms with Gasteiger partial charge in [0.15, 0.2) is 0 Å². The number of carboxylic acids is 1. The number of benzene rings is 1. The molecule has 0 bridgehead atoms. The predicted molar refractivity (Wildman–Crippen MR) is 62.0 cm³/mol. The number of carbonyl (C=O) groups excluding carboxylic acids is 1. The molecule has 0 aromatic heterocycles.